The molecule has 1 N–H and O–H groups in total. The first-order valence-electron chi connectivity index (χ1n) is 7.19. The quantitative estimate of drug-likeness (QED) is 0.686. The smallest absolute Gasteiger partial charge is 0.271 e. The fraction of sp³-hybridized carbons (Fsp3) is 0.188. The van der Waals surface area contributed by atoms with Crippen molar-refractivity contribution in [2.24, 2.45) is 0 Å². The summed E-state index contributed by atoms with van der Waals surface area (Å²) in [5.74, 6) is 0.868. The molecule has 0 saturated carbocycles. The van der Waals surface area contributed by atoms with Crippen LogP contribution in [0.1, 0.15) is 10.4 Å². The van der Waals surface area contributed by atoms with Gasteiger partial charge in [0.2, 0.25) is 0 Å². The molecular formula is C16H15N3O4S. The number of aromatic nitrogens is 2. The number of rotatable bonds is 6. The minimum Gasteiger partial charge on any atom is -0.497 e. The number of methoxy groups -OCH3 is 1. The summed E-state index contributed by atoms with van der Waals surface area (Å²) in [6.07, 6.45) is 2.89. The number of nitrogens with zero attached hydrogens (tertiary/aromatic N) is 2. The summed E-state index contributed by atoms with van der Waals surface area (Å²) < 4.78 is 12.0. The van der Waals surface area contributed by atoms with Gasteiger partial charge in [0, 0.05) is 23.8 Å². The van der Waals surface area contributed by atoms with Crippen molar-refractivity contribution >= 4 is 22.2 Å². The van der Waals surface area contributed by atoms with Gasteiger partial charge in [0.05, 0.1) is 13.7 Å². The van der Waals surface area contributed by atoms with E-state index in [1.165, 1.54) is 21.9 Å². The molecule has 3 rings (SSSR count). The SMILES string of the molecule is COc1cccc(OCCNC(=O)c2cnc3sccn3c2=O)c1. The van der Waals surface area contributed by atoms with Gasteiger partial charge in [-0.15, -0.1) is 11.3 Å². The number of carbonyl (C=O) groups is 1. The first-order valence-corrected chi connectivity index (χ1v) is 8.07. The van der Waals surface area contributed by atoms with Crippen molar-refractivity contribution in [2.75, 3.05) is 20.3 Å². The first kappa shape index (κ1) is 16.0. The highest BCUT2D eigenvalue weighted by Crippen LogP contribution is 2.18. The predicted molar refractivity (Wildman–Crippen MR) is 90.2 cm³/mol. The van der Waals surface area contributed by atoms with E-state index in [0.717, 1.165) is 0 Å². The Labute approximate surface area is 141 Å². The molecule has 8 heteroatoms. The Morgan fingerprint density at radius 3 is 3.04 bits per heavy atom. The summed E-state index contributed by atoms with van der Waals surface area (Å²) in [6.45, 7) is 0.538. The van der Waals surface area contributed by atoms with Crippen LogP contribution in [0.5, 0.6) is 11.5 Å². The molecule has 1 amide bonds. The largest absolute Gasteiger partial charge is 0.497 e. The van der Waals surface area contributed by atoms with Crippen LogP contribution in [0.4, 0.5) is 0 Å². The summed E-state index contributed by atoms with van der Waals surface area (Å²) in [7, 11) is 1.58. The van der Waals surface area contributed by atoms with E-state index in [9.17, 15) is 9.59 Å². The van der Waals surface area contributed by atoms with Crippen LogP contribution in [-0.4, -0.2) is 35.6 Å². The molecule has 124 valence electrons. The normalized spacial score (nSPS) is 10.5. The number of hydrogen-bond donors (Lipinski definition) is 1. The van der Waals surface area contributed by atoms with Gasteiger partial charge in [-0.25, -0.2) is 4.98 Å². The van der Waals surface area contributed by atoms with Crippen LogP contribution in [0.25, 0.3) is 4.96 Å². The van der Waals surface area contributed by atoms with Crippen LogP contribution in [0.3, 0.4) is 0 Å². The highest BCUT2D eigenvalue weighted by molar-refractivity contribution is 7.15. The zero-order chi connectivity index (χ0) is 16.9. The van der Waals surface area contributed by atoms with Crippen LogP contribution < -0.4 is 20.3 Å². The van der Waals surface area contributed by atoms with Crippen molar-refractivity contribution in [1.29, 1.82) is 0 Å². The second-order valence-electron chi connectivity index (χ2n) is 4.82. The lowest BCUT2D eigenvalue weighted by molar-refractivity contribution is 0.0945. The van der Waals surface area contributed by atoms with Crippen molar-refractivity contribution in [1.82, 2.24) is 14.7 Å². The molecule has 0 aliphatic carbocycles. The zero-order valence-electron chi connectivity index (χ0n) is 12.9. The third-order valence-corrected chi connectivity index (χ3v) is 4.06. The molecule has 24 heavy (non-hydrogen) atoms. The van der Waals surface area contributed by atoms with Gasteiger partial charge in [0.1, 0.15) is 23.7 Å². The Hall–Kier alpha value is -2.87. The van der Waals surface area contributed by atoms with E-state index in [4.69, 9.17) is 9.47 Å². The van der Waals surface area contributed by atoms with Crippen LogP contribution >= 0.6 is 11.3 Å². The van der Waals surface area contributed by atoms with E-state index in [1.54, 1.807) is 30.8 Å². The Morgan fingerprint density at radius 2 is 2.21 bits per heavy atom. The molecule has 2 aromatic heterocycles. The lowest BCUT2D eigenvalue weighted by Crippen LogP contribution is -2.33. The molecule has 0 spiro atoms. The minimum absolute atomic E-state index is 0.00674. The van der Waals surface area contributed by atoms with Crippen molar-refractivity contribution in [3.63, 3.8) is 0 Å². The number of hydrogen-bond acceptors (Lipinski definition) is 6. The molecule has 0 bridgehead atoms. The topological polar surface area (TPSA) is 81.9 Å². The number of amides is 1. The maximum Gasteiger partial charge on any atom is 0.271 e. The van der Waals surface area contributed by atoms with Crippen LogP contribution in [0.15, 0.2) is 46.8 Å². The molecule has 0 atom stereocenters. The second-order valence-corrected chi connectivity index (χ2v) is 5.69. The zero-order valence-corrected chi connectivity index (χ0v) is 13.7. The molecule has 0 radical (unpaired) electrons. The van der Waals surface area contributed by atoms with Gasteiger partial charge in [0.25, 0.3) is 11.5 Å². The van der Waals surface area contributed by atoms with Gasteiger partial charge in [-0.3, -0.25) is 14.0 Å². The van der Waals surface area contributed by atoms with Gasteiger partial charge < -0.3 is 14.8 Å². The minimum atomic E-state index is -0.470. The Bertz CT molecular complexity index is 919. The van der Waals surface area contributed by atoms with Crippen LogP contribution in [-0.2, 0) is 0 Å². The second kappa shape index (κ2) is 7.14. The van der Waals surface area contributed by atoms with E-state index in [1.807, 2.05) is 12.1 Å². The van der Waals surface area contributed by atoms with Gasteiger partial charge >= 0.3 is 0 Å². The molecule has 2 heterocycles. The third-order valence-electron chi connectivity index (χ3n) is 3.28. The lowest BCUT2D eigenvalue weighted by Gasteiger charge is -2.08. The molecule has 0 unspecified atom stereocenters. The van der Waals surface area contributed by atoms with Crippen LogP contribution in [0, 0.1) is 0 Å². The average Bonchev–Trinajstić information content (AvgIpc) is 3.09. The van der Waals surface area contributed by atoms with E-state index in [-0.39, 0.29) is 24.3 Å². The fourth-order valence-corrected chi connectivity index (χ4v) is 2.78. The predicted octanol–water partition coefficient (Wildman–Crippen LogP) is 1.57. The molecule has 0 saturated heterocycles. The number of carbonyl (C=O) groups excluding carboxylic acids is 1. The van der Waals surface area contributed by atoms with Crippen molar-refractivity contribution in [3.8, 4) is 11.5 Å². The third kappa shape index (κ3) is 3.38. The van der Waals surface area contributed by atoms with Crippen molar-refractivity contribution < 1.29 is 14.3 Å². The van der Waals surface area contributed by atoms with Gasteiger partial charge in [-0.05, 0) is 12.1 Å². The van der Waals surface area contributed by atoms with E-state index in [2.05, 4.69) is 10.3 Å². The van der Waals surface area contributed by atoms with Gasteiger partial charge in [-0.2, -0.15) is 0 Å². The summed E-state index contributed by atoms with van der Waals surface area (Å²) in [5, 5.41) is 4.39. The fourth-order valence-electron chi connectivity index (χ4n) is 2.10. The number of nitrogens with one attached hydrogen (secondary N) is 1. The Morgan fingerprint density at radius 1 is 1.38 bits per heavy atom. The monoisotopic (exact) mass is 345 g/mol. The first-order chi connectivity index (χ1) is 11.7. The van der Waals surface area contributed by atoms with E-state index >= 15 is 0 Å². The lowest BCUT2D eigenvalue weighted by atomic mass is 10.3. The number of ether oxygens (including phenoxy) is 2. The van der Waals surface area contributed by atoms with Gasteiger partial charge in [0.15, 0.2) is 4.96 Å². The van der Waals surface area contributed by atoms with Crippen LogP contribution in [0.2, 0.25) is 0 Å². The van der Waals surface area contributed by atoms with E-state index in [0.29, 0.717) is 16.5 Å². The van der Waals surface area contributed by atoms with Crippen molar-refractivity contribution in [3.05, 3.63) is 58.0 Å². The summed E-state index contributed by atoms with van der Waals surface area (Å²) in [5.41, 5.74) is -0.375. The molecule has 1 aromatic carbocycles. The maximum atomic E-state index is 12.2. The average molecular weight is 345 g/mol. The number of thiazole rings is 1. The molecule has 7 nitrogen and oxygen atoms in total. The van der Waals surface area contributed by atoms with Gasteiger partial charge in [-0.1, -0.05) is 6.07 Å². The molecule has 0 fully saturated rings. The Balaban J connectivity index is 1.57. The van der Waals surface area contributed by atoms with E-state index < -0.39 is 5.91 Å². The summed E-state index contributed by atoms with van der Waals surface area (Å²) in [6, 6.07) is 7.18. The molecule has 3 aromatic rings. The Kier molecular flexibility index (Phi) is 4.76. The number of fused-ring (bicyclic) bond motifs is 1. The van der Waals surface area contributed by atoms with Crippen molar-refractivity contribution in [2.45, 2.75) is 0 Å². The maximum absolute atomic E-state index is 12.2. The number of benzene rings is 1. The summed E-state index contributed by atoms with van der Waals surface area (Å²) in [4.78, 5) is 28.9. The highest BCUT2D eigenvalue weighted by atomic mass is 32.1. The standard InChI is InChI=1S/C16H15N3O4S/c1-22-11-3-2-4-12(9-11)23-7-5-17-14(20)13-10-18-16-19(15(13)21)6-8-24-16/h2-4,6,8-10H,5,7H2,1H3,(H,17,20). The molecule has 0 aliphatic rings. The molecular weight excluding hydrogens is 330 g/mol. The highest BCUT2D eigenvalue weighted by Gasteiger charge is 2.13. The molecule has 0 aliphatic heterocycles. The summed E-state index contributed by atoms with van der Waals surface area (Å²) >= 11 is 1.33.